The summed E-state index contributed by atoms with van der Waals surface area (Å²) in [7, 11) is 0. The average molecular weight is 479 g/mol. The summed E-state index contributed by atoms with van der Waals surface area (Å²) in [5.74, 6) is -1.22. The molecule has 182 valence electrons. The summed E-state index contributed by atoms with van der Waals surface area (Å²) in [6, 6.07) is 29.4. The summed E-state index contributed by atoms with van der Waals surface area (Å²) in [4.78, 5) is 27.9. The molecule has 1 spiro atoms. The van der Waals surface area contributed by atoms with Gasteiger partial charge in [-0.3, -0.25) is 4.79 Å². The predicted molar refractivity (Wildman–Crippen MR) is 142 cm³/mol. The van der Waals surface area contributed by atoms with Crippen LogP contribution < -0.4 is 5.01 Å². The lowest BCUT2D eigenvalue weighted by atomic mass is 9.66. The fraction of sp³-hybridized carbons (Fsp3) is 0.258. The van der Waals surface area contributed by atoms with Crippen LogP contribution in [0.15, 0.2) is 108 Å². The lowest BCUT2D eigenvalue weighted by Gasteiger charge is -2.34. The van der Waals surface area contributed by atoms with Crippen molar-refractivity contribution in [1.82, 2.24) is 0 Å². The van der Waals surface area contributed by atoms with Crippen LogP contribution in [-0.4, -0.2) is 24.2 Å². The molecule has 0 unspecified atom stereocenters. The van der Waals surface area contributed by atoms with Gasteiger partial charge in [-0.25, -0.2) is 4.79 Å². The van der Waals surface area contributed by atoms with Gasteiger partial charge in [0.05, 0.1) is 18.0 Å². The third kappa shape index (κ3) is 3.95. The molecule has 0 radical (unpaired) electrons. The number of ether oxygens (including phenoxy) is 1. The Balaban J connectivity index is 1.69. The van der Waals surface area contributed by atoms with Gasteiger partial charge >= 0.3 is 5.97 Å². The van der Waals surface area contributed by atoms with Crippen molar-refractivity contribution >= 4 is 23.3 Å². The molecule has 1 aliphatic carbocycles. The van der Waals surface area contributed by atoms with Crippen LogP contribution in [0, 0.1) is 5.41 Å². The number of para-hydroxylation sites is 1. The van der Waals surface area contributed by atoms with E-state index in [0.29, 0.717) is 23.6 Å². The van der Waals surface area contributed by atoms with Crippen LogP contribution in [0.5, 0.6) is 0 Å². The second kappa shape index (κ2) is 9.94. The Morgan fingerprint density at radius 1 is 0.917 bits per heavy atom. The number of esters is 1. The summed E-state index contributed by atoms with van der Waals surface area (Å²) in [5, 5.41) is 6.23. The number of anilines is 1. The van der Waals surface area contributed by atoms with E-state index in [9.17, 15) is 9.59 Å². The van der Waals surface area contributed by atoms with Crippen molar-refractivity contribution in [3.05, 3.63) is 114 Å². The summed E-state index contributed by atoms with van der Waals surface area (Å²) in [6.45, 7) is 4.31. The number of hydrazone groups is 1. The van der Waals surface area contributed by atoms with Gasteiger partial charge in [0, 0.05) is 17.4 Å². The van der Waals surface area contributed by atoms with Crippen LogP contribution in [0.25, 0.3) is 0 Å². The van der Waals surface area contributed by atoms with E-state index in [2.05, 4.69) is 6.92 Å². The largest absolute Gasteiger partial charge is 0.462 e. The highest BCUT2D eigenvalue weighted by Crippen LogP contribution is 2.59. The summed E-state index contributed by atoms with van der Waals surface area (Å²) >= 11 is 0. The topological polar surface area (TPSA) is 59.0 Å². The number of carbonyl (C=O) groups is 2. The maximum absolute atomic E-state index is 14.3. The van der Waals surface area contributed by atoms with Crippen molar-refractivity contribution in [3.8, 4) is 0 Å². The predicted octanol–water partition coefficient (Wildman–Crippen LogP) is 6.25. The van der Waals surface area contributed by atoms with Crippen molar-refractivity contribution < 1.29 is 14.3 Å². The zero-order valence-electron chi connectivity index (χ0n) is 20.6. The summed E-state index contributed by atoms with van der Waals surface area (Å²) in [6.07, 6.45) is 3.57. The molecule has 0 saturated carbocycles. The van der Waals surface area contributed by atoms with Crippen LogP contribution in [0.4, 0.5) is 5.69 Å². The van der Waals surface area contributed by atoms with E-state index in [1.165, 1.54) is 5.01 Å². The second-order valence-corrected chi connectivity index (χ2v) is 9.37. The van der Waals surface area contributed by atoms with Gasteiger partial charge in [0.2, 0.25) is 0 Å². The minimum absolute atomic E-state index is 0.155. The van der Waals surface area contributed by atoms with Gasteiger partial charge in [0.25, 0.3) is 5.91 Å². The lowest BCUT2D eigenvalue weighted by Crippen LogP contribution is -2.41. The number of unbranched alkanes of at least 4 members (excludes halogenated alkanes) is 1. The Bertz CT molecular complexity index is 1300. The van der Waals surface area contributed by atoms with E-state index < -0.39 is 5.41 Å². The second-order valence-electron chi connectivity index (χ2n) is 9.37. The Labute approximate surface area is 212 Å². The molecule has 1 heterocycles. The molecule has 36 heavy (non-hydrogen) atoms. The number of amides is 1. The molecule has 0 saturated heterocycles. The molecule has 5 nitrogen and oxygen atoms in total. The Kier molecular flexibility index (Phi) is 6.55. The maximum Gasteiger partial charge on any atom is 0.334 e. The van der Waals surface area contributed by atoms with Gasteiger partial charge in [-0.1, -0.05) is 98.3 Å². The number of rotatable bonds is 7. The number of carbonyl (C=O) groups excluding carboxylic acids is 2. The molecule has 1 aliphatic heterocycles. The fourth-order valence-corrected chi connectivity index (χ4v) is 5.47. The molecule has 0 aromatic heterocycles. The van der Waals surface area contributed by atoms with E-state index >= 15 is 0 Å². The van der Waals surface area contributed by atoms with Gasteiger partial charge in [-0.15, -0.1) is 0 Å². The van der Waals surface area contributed by atoms with Crippen LogP contribution in [-0.2, 0) is 14.3 Å². The minimum Gasteiger partial charge on any atom is -0.462 e. The first-order valence-corrected chi connectivity index (χ1v) is 12.5. The first-order valence-electron chi connectivity index (χ1n) is 12.5. The number of hydrogen-bond acceptors (Lipinski definition) is 4. The SMILES string of the molecule is CCCCOC(=O)C1=C[C@]2(C(=O)N(c3ccccc3)N=C2C)[C@H](c2ccccc2)[C@H]1c1ccccc1. The highest BCUT2D eigenvalue weighted by atomic mass is 16.5. The molecule has 3 aromatic carbocycles. The zero-order chi connectivity index (χ0) is 25.1. The quantitative estimate of drug-likeness (QED) is 0.298. The van der Waals surface area contributed by atoms with Gasteiger partial charge in [-0.2, -0.15) is 10.1 Å². The molecule has 0 N–H and O–H groups in total. The molecule has 3 atom stereocenters. The van der Waals surface area contributed by atoms with Crippen molar-refractivity contribution in [1.29, 1.82) is 0 Å². The maximum atomic E-state index is 14.3. The highest BCUT2D eigenvalue weighted by Gasteiger charge is 2.61. The fourth-order valence-electron chi connectivity index (χ4n) is 5.47. The van der Waals surface area contributed by atoms with Crippen molar-refractivity contribution in [3.63, 3.8) is 0 Å². The van der Waals surface area contributed by atoms with Gasteiger partial charge < -0.3 is 4.74 Å². The average Bonchev–Trinajstić information content (AvgIpc) is 3.41. The molecule has 3 aromatic rings. The van der Waals surface area contributed by atoms with E-state index in [1.807, 2.05) is 104 Å². The van der Waals surface area contributed by atoms with Crippen LogP contribution in [0.2, 0.25) is 0 Å². The molecule has 5 rings (SSSR count). The monoisotopic (exact) mass is 478 g/mol. The van der Waals surface area contributed by atoms with Gasteiger partial charge in [-0.05, 0) is 36.6 Å². The van der Waals surface area contributed by atoms with Crippen molar-refractivity contribution in [2.75, 3.05) is 11.6 Å². The Morgan fingerprint density at radius 2 is 1.50 bits per heavy atom. The molecule has 0 fully saturated rings. The molecular weight excluding hydrogens is 448 g/mol. The van der Waals surface area contributed by atoms with Gasteiger partial charge in [0.15, 0.2) is 0 Å². The van der Waals surface area contributed by atoms with Crippen molar-refractivity contribution in [2.45, 2.75) is 38.5 Å². The third-order valence-corrected chi connectivity index (χ3v) is 7.22. The molecule has 1 amide bonds. The first kappa shape index (κ1) is 23.7. The molecule has 5 heteroatoms. The van der Waals surface area contributed by atoms with E-state index in [0.717, 1.165) is 24.0 Å². The smallest absolute Gasteiger partial charge is 0.334 e. The number of nitrogens with zero attached hydrogens (tertiary/aromatic N) is 2. The summed E-state index contributed by atoms with van der Waals surface area (Å²) < 4.78 is 5.72. The van der Waals surface area contributed by atoms with E-state index in [-0.39, 0.29) is 23.7 Å². The number of hydrogen-bond donors (Lipinski definition) is 0. The summed E-state index contributed by atoms with van der Waals surface area (Å²) in [5.41, 5.74) is 2.75. The standard InChI is InChI=1S/C31H30N2O3/c1-3-4-20-36-29(34)26-21-31(22(2)32-33(30(31)35)25-18-12-7-13-19-25)28(24-16-10-6-11-17-24)27(26)23-14-8-5-9-15-23/h5-19,21,27-28H,3-4,20H2,1-2H3/t27-,28+,31+/m0/s1. The third-order valence-electron chi connectivity index (χ3n) is 7.22. The lowest BCUT2D eigenvalue weighted by molar-refractivity contribution is -0.139. The Hall–Kier alpha value is -3.99. The molecule has 2 aliphatic rings. The molecule has 0 bridgehead atoms. The zero-order valence-corrected chi connectivity index (χ0v) is 20.6. The van der Waals surface area contributed by atoms with Crippen LogP contribution >= 0.6 is 0 Å². The van der Waals surface area contributed by atoms with E-state index in [4.69, 9.17) is 9.84 Å². The van der Waals surface area contributed by atoms with E-state index in [1.54, 1.807) is 0 Å². The molecular formula is C31H30N2O3. The highest BCUT2D eigenvalue weighted by molar-refractivity contribution is 6.22. The van der Waals surface area contributed by atoms with Crippen molar-refractivity contribution in [2.24, 2.45) is 10.5 Å². The Morgan fingerprint density at radius 3 is 2.11 bits per heavy atom. The first-order chi connectivity index (χ1) is 17.6. The van der Waals surface area contributed by atoms with Crippen LogP contribution in [0.1, 0.15) is 49.7 Å². The number of benzene rings is 3. The normalized spacial score (nSPS) is 23.1. The van der Waals surface area contributed by atoms with Gasteiger partial charge in [0.1, 0.15) is 5.41 Å². The minimum atomic E-state index is -1.10. The van der Waals surface area contributed by atoms with Crippen LogP contribution in [0.3, 0.4) is 0 Å².